The van der Waals surface area contributed by atoms with Crippen LogP contribution in [0.1, 0.15) is 18.9 Å². The molecule has 0 saturated carbocycles. The van der Waals surface area contributed by atoms with E-state index in [2.05, 4.69) is 109 Å². The zero-order valence-corrected chi connectivity index (χ0v) is 15.0. The van der Waals surface area contributed by atoms with Gasteiger partial charge < -0.3 is 5.32 Å². The van der Waals surface area contributed by atoms with Crippen LogP contribution in [0.15, 0.2) is 103 Å². The average molecular weight is 337 g/mol. The first-order chi connectivity index (χ1) is 12.8. The fourth-order valence-corrected chi connectivity index (χ4v) is 3.45. The van der Waals surface area contributed by atoms with E-state index in [9.17, 15) is 0 Å². The molecule has 26 heavy (non-hydrogen) atoms. The highest BCUT2D eigenvalue weighted by atomic mass is 14.9. The standard InChI is InChI=1S/C25H23N/c1-19-16-17-25(23(18-19)21-12-6-3-7-13-21)26-24-15-9-8-14-22(24)20-10-4-2-5-11-20/h2-15,17-19,26H,16H2,1H3. The highest BCUT2D eigenvalue weighted by Crippen LogP contribution is 2.34. The lowest BCUT2D eigenvalue weighted by Gasteiger charge is -2.23. The normalized spacial score (nSPS) is 16.6. The molecule has 1 nitrogen and oxygen atoms in total. The minimum atomic E-state index is 0.556. The van der Waals surface area contributed by atoms with Crippen molar-refractivity contribution in [2.45, 2.75) is 13.3 Å². The quantitative estimate of drug-likeness (QED) is 0.554. The predicted molar refractivity (Wildman–Crippen MR) is 112 cm³/mol. The van der Waals surface area contributed by atoms with E-state index in [0.29, 0.717) is 5.92 Å². The van der Waals surface area contributed by atoms with Crippen molar-refractivity contribution in [3.63, 3.8) is 0 Å². The number of hydrogen-bond donors (Lipinski definition) is 1. The highest BCUT2D eigenvalue weighted by molar-refractivity contribution is 5.87. The second-order valence-electron chi connectivity index (χ2n) is 6.81. The zero-order valence-electron chi connectivity index (χ0n) is 15.0. The molecule has 0 bridgehead atoms. The Bertz CT molecular complexity index is 936. The van der Waals surface area contributed by atoms with E-state index in [-0.39, 0.29) is 0 Å². The van der Waals surface area contributed by atoms with E-state index < -0.39 is 0 Å². The lowest BCUT2D eigenvalue weighted by Crippen LogP contribution is -2.09. The molecule has 1 atom stereocenters. The Labute approximate surface area is 155 Å². The van der Waals surface area contributed by atoms with Crippen molar-refractivity contribution in [1.82, 2.24) is 0 Å². The number of rotatable bonds is 4. The Kier molecular flexibility index (Phi) is 4.70. The molecular formula is C25H23N. The number of para-hydroxylation sites is 1. The summed E-state index contributed by atoms with van der Waals surface area (Å²) in [5.74, 6) is 0.556. The van der Waals surface area contributed by atoms with Crippen molar-refractivity contribution in [3.05, 3.63) is 108 Å². The van der Waals surface area contributed by atoms with Gasteiger partial charge in [-0.25, -0.2) is 0 Å². The number of benzene rings is 3. The van der Waals surface area contributed by atoms with E-state index >= 15 is 0 Å². The monoisotopic (exact) mass is 337 g/mol. The van der Waals surface area contributed by atoms with Crippen LogP contribution in [-0.2, 0) is 0 Å². The number of hydrogen-bond acceptors (Lipinski definition) is 1. The number of allylic oxidation sites excluding steroid dienone is 3. The van der Waals surface area contributed by atoms with Crippen LogP contribution in [0.2, 0.25) is 0 Å². The van der Waals surface area contributed by atoms with Gasteiger partial charge in [-0.2, -0.15) is 0 Å². The molecule has 1 N–H and O–H groups in total. The molecule has 3 aromatic carbocycles. The Balaban J connectivity index is 1.70. The molecule has 128 valence electrons. The van der Waals surface area contributed by atoms with Crippen LogP contribution >= 0.6 is 0 Å². The third-order valence-corrected chi connectivity index (χ3v) is 4.80. The van der Waals surface area contributed by atoms with Crippen molar-refractivity contribution in [2.24, 2.45) is 5.92 Å². The molecule has 0 aliphatic heterocycles. The third-order valence-electron chi connectivity index (χ3n) is 4.80. The minimum absolute atomic E-state index is 0.556. The van der Waals surface area contributed by atoms with E-state index in [1.165, 1.54) is 28.0 Å². The lowest BCUT2D eigenvalue weighted by molar-refractivity contribution is 0.735. The van der Waals surface area contributed by atoms with E-state index in [4.69, 9.17) is 0 Å². The fraction of sp³-hybridized carbons (Fsp3) is 0.120. The lowest BCUT2D eigenvalue weighted by atomic mass is 9.90. The van der Waals surface area contributed by atoms with Crippen molar-refractivity contribution >= 4 is 11.3 Å². The van der Waals surface area contributed by atoms with E-state index in [1.807, 2.05) is 0 Å². The van der Waals surface area contributed by atoms with E-state index in [1.54, 1.807) is 0 Å². The van der Waals surface area contributed by atoms with Crippen molar-refractivity contribution in [3.8, 4) is 11.1 Å². The number of anilines is 1. The fourth-order valence-electron chi connectivity index (χ4n) is 3.45. The molecule has 0 fully saturated rings. The van der Waals surface area contributed by atoms with Gasteiger partial charge in [0.2, 0.25) is 0 Å². The van der Waals surface area contributed by atoms with E-state index in [0.717, 1.165) is 12.1 Å². The average Bonchev–Trinajstić information content (AvgIpc) is 2.71. The Morgan fingerprint density at radius 2 is 1.35 bits per heavy atom. The van der Waals surface area contributed by atoms with Gasteiger partial charge in [-0.05, 0) is 29.5 Å². The molecule has 0 spiro atoms. The van der Waals surface area contributed by atoms with Gasteiger partial charge in [0, 0.05) is 22.5 Å². The maximum atomic E-state index is 3.71. The SMILES string of the molecule is CC1C=C(c2ccccc2)C(Nc2ccccc2-c2ccccc2)=CC1. The van der Waals surface area contributed by atoms with Gasteiger partial charge in [-0.15, -0.1) is 0 Å². The first-order valence-electron chi connectivity index (χ1n) is 9.20. The second-order valence-corrected chi connectivity index (χ2v) is 6.81. The molecule has 1 aliphatic carbocycles. The summed E-state index contributed by atoms with van der Waals surface area (Å²) in [7, 11) is 0. The summed E-state index contributed by atoms with van der Waals surface area (Å²) in [6.45, 7) is 2.27. The summed E-state index contributed by atoms with van der Waals surface area (Å²) in [6, 6.07) is 29.7. The van der Waals surface area contributed by atoms with Gasteiger partial charge >= 0.3 is 0 Å². The van der Waals surface area contributed by atoms with Crippen molar-refractivity contribution in [2.75, 3.05) is 5.32 Å². The Morgan fingerprint density at radius 1 is 0.731 bits per heavy atom. The van der Waals surface area contributed by atoms with Gasteiger partial charge in [0.05, 0.1) is 0 Å². The number of nitrogens with one attached hydrogen (secondary N) is 1. The molecule has 0 heterocycles. The van der Waals surface area contributed by atoms with Crippen LogP contribution < -0.4 is 5.32 Å². The predicted octanol–water partition coefficient (Wildman–Crippen LogP) is 6.77. The van der Waals surface area contributed by atoms with Crippen LogP contribution in [0, 0.1) is 5.92 Å². The Morgan fingerprint density at radius 3 is 2.08 bits per heavy atom. The van der Waals surface area contributed by atoms with Crippen molar-refractivity contribution in [1.29, 1.82) is 0 Å². The summed E-state index contributed by atoms with van der Waals surface area (Å²) in [5, 5.41) is 3.71. The smallest absolute Gasteiger partial charge is 0.0463 e. The summed E-state index contributed by atoms with van der Waals surface area (Å²) < 4.78 is 0. The van der Waals surface area contributed by atoms with Gasteiger partial charge in [0.1, 0.15) is 0 Å². The van der Waals surface area contributed by atoms with Crippen molar-refractivity contribution < 1.29 is 0 Å². The van der Waals surface area contributed by atoms with Gasteiger partial charge in [0.25, 0.3) is 0 Å². The van der Waals surface area contributed by atoms with Crippen LogP contribution in [0.5, 0.6) is 0 Å². The zero-order chi connectivity index (χ0) is 17.8. The molecule has 1 heteroatoms. The maximum Gasteiger partial charge on any atom is 0.0463 e. The third kappa shape index (κ3) is 3.48. The molecular weight excluding hydrogens is 314 g/mol. The molecule has 4 rings (SSSR count). The molecule has 0 aromatic heterocycles. The van der Waals surface area contributed by atoms with Crippen LogP contribution in [0.4, 0.5) is 5.69 Å². The largest absolute Gasteiger partial charge is 0.355 e. The minimum Gasteiger partial charge on any atom is -0.355 e. The molecule has 0 radical (unpaired) electrons. The first-order valence-corrected chi connectivity index (χ1v) is 9.20. The maximum absolute atomic E-state index is 3.71. The van der Waals surface area contributed by atoms with Crippen LogP contribution in [-0.4, -0.2) is 0 Å². The van der Waals surface area contributed by atoms with Gasteiger partial charge in [-0.3, -0.25) is 0 Å². The molecule has 1 aliphatic rings. The molecule has 1 unspecified atom stereocenters. The molecule has 3 aromatic rings. The highest BCUT2D eigenvalue weighted by Gasteiger charge is 2.16. The summed E-state index contributed by atoms with van der Waals surface area (Å²) >= 11 is 0. The summed E-state index contributed by atoms with van der Waals surface area (Å²) in [5.41, 5.74) is 7.33. The Hall–Kier alpha value is -3.06. The molecule has 0 amide bonds. The topological polar surface area (TPSA) is 12.0 Å². The second kappa shape index (κ2) is 7.45. The molecule has 0 saturated heterocycles. The van der Waals surface area contributed by atoms with Crippen LogP contribution in [0.3, 0.4) is 0 Å². The van der Waals surface area contributed by atoms with Gasteiger partial charge in [0.15, 0.2) is 0 Å². The van der Waals surface area contributed by atoms with Crippen LogP contribution in [0.25, 0.3) is 16.7 Å². The summed E-state index contributed by atoms with van der Waals surface area (Å²) in [6.07, 6.45) is 5.77. The first kappa shape index (κ1) is 16.4. The summed E-state index contributed by atoms with van der Waals surface area (Å²) in [4.78, 5) is 0. The van der Waals surface area contributed by atoms with Gasteiger partial charge in [-0.1, -0.05) is 97.9 Å².